The maximum absolute atomic E-state index is 12.6. The fourth-order valence-electron chi connectivity index (χ4n) is 2.68. The Hall–Kier alpha value is -1.44. The van der Waals surface area contributed by atoms with Crippen molar-refractivity contribution in [2.75, 3.05) is 13.6 Å². The van der Waals surface area contributed by atoms with Gasteiger partial charge < -0.3 is 11.1 Å². The van der Waals surface area contributed by atoms with E-state index in [1.54, 1.807) is 12.1 Å². The van der Waals surface area contributed by atoms with Crippen molar-refractivity contribution in [3.63, 3.8) is 0 Å². The van der Waals surface area contributed by atoms with E-state index in [9.17, 15) is 13.2 Å². The first-order valence-electron chi connectivity index (χ1n) is 6.97. The third kappa shape index (κ3) is 3.42. The first-order chi connectivity index (χ1) is 9.99. The lowest BCUT2D eigenvalue weighted by atomic mass is 10.1. The van der Waals surface area contributed by atoms with E-state index in [4.69, 9.17) is 5.73 Å². The average molecular weight is 311 g/mol. The summed E-state index contributed by atoms with van der Waals surface area (Å²) in [5.41, 5.74) is 7.16. The molecule has 1 fully saturated rings. The number of carbonyl (C=O) groups is 1. The Balaban J connectivity index is 2.24. The zero-order valence-electron chi connectivity index (χ0n) is 12.1. The molecule has 1 aromatic carbocycles. The number of hydrogen-bond acceptors (Lipinski definition) is 4. The largest absolute Gasteiger partial charge is 0.358 e. The van der Waals surface area contributed by atoms with Gasteiger partial charge in [0, 0.05) is 20.1 Å². The summed E-state index contributed by atoms with van der Waals surface area (Å²) in [4.78, 5) is 11.8. The van der Waals surface area contributed by atoms with E-state index in [2.05, 4.69) is 5.32 Å². The predicted octanol–water partition coefficient (Wildman–Crippen LogP) is 0.186. The van der Waals surface area contributed by atoms with Crippen LogP contribution in [0.5, 0.6) is 0 Å². The number of benzene rings is 1. The summed E-state index contributed by atoms with van der Waals surface area (Å²) in [6.45, 7) is 0.690. The van der Waals surface area contributed by atoms with Gasteiger partial charge in [0.25, 0.3) is 0 Å². The second kappa shape index (κ2) is 6.55. The van der Waals surface area contributed by atoms with Crippen LogP contribution in [0.15, 0.2) is 24.3 Å². The Morgan fingerprint density at radius 3 is 2.67 bits per heavy atom. The van der Waals surface area contributed by atoms with Crippen LogP contribution in [0.1, 0.15) is 24.0 Å². The lowest BCUT2D eigenvalue weighted by Gasteiger charge is -2.23. The van der Waals surface area contributed by atoms with Crippen molar-refractivity contribution < 1.29 is 13.2 Å². The molecule has 1 aliphatic heterocycles. The maximum Gasteiger partial charge on any atom is 0.238 e. The van der Waals surface area contributed by atoms with Crippen LogP contribution in [0.4, 0.5) is 0 Å². The molecule has 0 aromatic heterocycles. The summed E-state index contributed by atoms with van der Waals surface area (Å²) in [6, 6.07) is 6.63. The number of nitrogens with one attached hydrogen (secondary N) is 1. The van der Waals surface area contributed by atoms with Crippen LogP contribution < -0.4 is 11.1 Å². The molecule has 7 heteroatoms. The Labute approximate surface area is 125 Å². The van der Waals surface area contributed by atoms with E-state index in [1.165, 1.54) is 11.4 Å². The summed E-state index contributed by atoms with van der Waals surface area (Å²) >= 11 is 0. The molecular formula is C14H21N3O3S. The molecule has 1 unspecified atom stereocenters. The number of sulfonamides is 1. The normalized spacial score (nSPS) is 19.6. The number of carbonyl (C=O) groups excluding carboxylic acids is 1. The predicted molar refractivity (Wildman–Crippen MR) is 80.8 cm³/mol. The third-order valence-corrected chi connectivity index (χ3v) is 5.61. The summed E-state index contributed by atoms with van der Waals surface area (Å²) in [7, 11) is -2.01. The highest BCUT2D eigenvalue weighted by Crippen LogP contribution is 2.24. The summed E-state index contributed by atoms with van der Waals surface area (Å²) in [6.07, 6.45) is 1.27. The second-order valence-electron chi connectivity index (χ2n) is 5.11. The molecule has 1 heterocycles. The van der Waals surface area contributed by atoms with Crippen molar-refractivity contribution >= 4 is 15.9 Å². The quantitative estimate of drug-likeness (QED) is 0.811. The molecular weight excluding hydrogens is 290 g/mol. The van der Waals surface area contributed by atoms with E-state index in [1.807, 2.05) is 12.1 Å². The van der Waals surface area contributed by atoms with Crippen molar-refractivity contribution in [1.29, 1.82) is 0 Å². The van der Waals surface area contributed by atoms with E-state index in [0.717, 1.165) is 5.56 Å². The van der Waals surface area contributed by atoms with Crippen molar-refractivity contribution in [1.82, 2.24) is 9.62 Å². The number of amides is 1. The lowest BCUT2D eigenvalue weighted by Crippen LogP contribution is -2.45. The van der Waals surface area contributed by atoms with Crippen molar-refractivity contribution in [3.05, 3.63) is 35.4 Å². The van der Waals surface area contributed by atoms with Gasteiger partial charge in [0.15, 0.2) is 0 Å². The Morgan fingerprint density at radius 1 is 1.38 bits per heavy atom. The molecule has 1 aliphatic rings. The minimum Gasteiger partial charge on any atom is -0.358 e. The highest BCUT2D eigenvalue weighted by atomic mass is 32.2. The fourth-order valence-corrected chi connectivity index (χ4v) is 4.52. The molecule has 0 saturated carbocycles. The molecule has 1 saturated heterocycles. The van der Waals surface area contributed by atoms with Crippen LogP contribution in [0.25, 0.3) is 0 Å². The SMILES string of the molecule is CNC(=O)C1CCCN1S(=O)(=O)Cc1ccccc1CN. The standard InChI is InChI=1S/C14H21N3O3S/c1-16-14(18)13-7-4-8-17(13)21(19,20)10-12-6-3-2-5-11(12)9-15/h2-3,5-6,13H,4,7-10,15H2,1H3,(H,16,18). The van der Waals surface area contributed by atoms with Gasteiger partial charge in [-0.25, -0.2) is 8.42 Å². The zero-order chi connectivity index (χ0) is 15.5. The molecule has 2 rings (SSSR count). The van der Waals surface area contributed by atoms with Crippen LogP contribution in [-0.4, -0.2) is 38.3 Å². The minimum absolute atomic E-state index is 0.117. The molecule has 3 N–H and O–H groups in total. The van der Waals surface area contributed by atoms with Gasteiger partial charge in [-0.2, -0.15) is 4.31 Å². The Kier molecular flexibility index (Phi) is 4.97. The van der Waals surface area contributed by atoms with Crippen molar-refractivity contribution in [3.8, 4) is 0 Å². The van der Waals surface area contributed by atoms with Gasteiger partial charge in [-0.15, -0.1) is 0 Å². The molecule has 1 amide bonds. The Morgan fingerprint density at radius 2 is 2.05 bits per heavy atom. The topological polar surface area (TPSA) is 92.5 Å². The molecule has 1 aromatic rings. The van der Waals surface area contributed by atoms with E-state index in [0.29, 0.717) is 31.5 Å². The van der Waals surface area contributed by atoms with Gasteiger partial charge in [0.05, 0.1) is 5.75 Å². The van der Waals surface area contributed by atoms with Gasteiger partial charge in [-0.05, 0) is 24.0 Å². The summed E-state index contributed by atoms with van der Waals surface area (Å²) in [5, 5.41) is 2.53. The van der Waals surface area contributed by atoms with Crippen molar-refractivity contribution in [2.45, 2.75) is 31.2 Å². The molecule has 0 aliphatic carbocycles. The fraction of sp³-hybridized carbons (Fsp3) is 0.500. The minimum atomic E-state index is -3.53. The van der Waals surface area contributed by atoms with Crippen LogP contribution >= 0.6 is 0 Å². The van der Waals surface area contributed by atoms with Crippen LogP contribution in [0.2, 0.25) is 0 Å². The van der Waals surface area contributed by atoms with Gasteiger partial charge >= 0.3 is 0 Å². The van der Waals surface area contributed by atoms with Gasteiger partial charge in [0.2, 0.25) is 15.9 Å². The number of nitrogens with two attached hydrogens (primary N) is 1. The van der Waals surface area contributed by atoms with E-state index >= 15 is 0 Å². The molecule has 0 bridgehead atoms. The number of hydrogen-bond donors (Lipinski definition) is 2. The van der Waals surface area contributed by atoms with Gasteiger partial charge in [0.1, 0.15) is 6.04 Å². The molecule has 0 radical (unpaired) electrons. The van der Waals surface area contributed by atoms with Crippen molar-refractivity contribution in [2.24, 2.45) is 5.73 Å². The van der Waals surface area contributed by atoms with E-state index < -0.39 is 16.1 Å². The maximum atomic E-state index is 12.6. The summed E-state index contributed by atoms with van der Waals surface area (Å²) in [5.74, 6) is -0.364. The number of nitrogens with zero attached hydrogens (tertiary/aromatic N) is 1. The Bertz CT molecular complexity index is 616. The first kappa shape index (κ1) is 15.9. The average Bonchev–Trinajstić information content (AvgIpc) is 2.97. The molecule has 21 heavy (non-hydrogen) atoms. The molecule has 1 atom stereocenters. The smallest absolute Gasteiger partial charge is 0.238 e. The summed E-state index contributed by atoms with van der Waals surface area (Å²) < 4.78 is 26.5. The molecule has 6 nitrogen and oxygen atoms in total. The van der Waals surface area contributed by atoms with Gasteiger partial charge in [-0.3, -0.25) is 4.79 Å². The highest BCUT2D eigenvalue weighted by Gasteiger charge is 2.38. The molecule has 116 valence electrons. The lowest BCUT2D eigenvalue weighted by molar-refractivity contribution is -0.123. The van der Waals surface area contributed by atoms with E-state index in [-0.39, 0.29) is 11.7 Å². The first-order valence-corrected chi connectivity index (χ1v) is 8.58. The second-order valence-corrected chi connectivity index (χ2v) is 7.03. The van der Waals surface area contributed by atoms with Crippen LogP contribution in [0, 0.1) is 0 Å². The monoisotopic (exact) mass is 311 g/mol. The zero-order valence-corrected chi connectivity index (χ0v) is 12.9. The third-order valence-electron chi connectivity index (χ3n) is 3.79. The number of likely N-dealkylation sites (N-methyl/N-ethyl adjacent to an activating group) is 1. The van der Waals surface area contributed by atoms with Crippen LogP contribution in [-0.2, 0) is 27.1 Å². The van der Waals surface area contributed by atoms with Gasteiger partial charge in [-0.1, -0.05) is 24.3 Å². The van der Waals surface area contributed by atoms with Crippen LogP contribution in [0.3, 0.4) is 0 Å². The number of rotatable bonds is 5. The molecule has 0 spiro atoms. The highest BCUT2D eigenvalue weighted by molar-refractivity contribution is 7.88.